The maximum atomic E-state index is 5.89. The summed E-state index contributed by atoms with van der Waals surface area (Å²) in [6, 6.07) is 8.55. The molecule has 114 valence electrons. The van der Waals surface area contributed by atoms with Gasteiger partial charge in [0.25, 0.3) is 5.22 Å². The smallest absolute Gasteiger partial charge is 0.257 e. The van der Waals surface area contributed by atoms with Gasteiger partial charge in [0.1, 0.15) is 5.52 Å². The van der Waals surface area contributed by atoms with E-state index >= 15 is 0 Å². The molecule has 4 heteroatoms. The van der Waals surface area contributed by atoms with Gasteiger partial charge in [-0.3, -0.25) is 0 Å². The van der Waals surface area contributed by atoms with Gasteiger partial charge in [-0.05, 0) is 43.4 Å². The Kier molecular flexibility index (Phi) is 4.27. The molecule has 0 saturated heterocycles. The molecule has 1 heterocycles. The monoisotopic (exact) mass is 304 g/mol. The van der Waals surface area contributed by atoms with Gasteiger partial charge in [0.2, 0.25) is 0 Å². The topological polar surface area (TPSA) is 38.1 Å². The molecule has 1 aromatic heterocycles. The van der Waals surface area contributed by atoms with E-state index in [9.17, 15) is 0 Å². The van der Waals surface area contributed by atoms with E-state index in [1.54, 1.807) is 11.8 Å². The van der Waals surface area contributed by atoms with Crippen LogP contribution in [0.1, 0.15) is 40.0 Å². The fraction of sp³-hybridized carbons (Fsp3) is 0.588. The van der Waals surface area contributed by atoms with E-state index in [0.717, 1.165) is 22.9 Å². The molecule has 0 aliphatic heterocycles. The van der Waals surface area contributed by atoms with Crippen molar-refractivity contribution in [2.45, 2.75) is 56.5 Å². The van der Waals surface area contributed by atoms with Crippen molar-refractivity contribution in [1.82, 2.24) is 10.3 Å². The number of hydrogen-bond acceptors (Lipinski definition) is 4. The van der Waals surface area contributed by atoms with E-state index < -0.39 is 0 Å². The fourth-order valence-electron chi connectivity index (χ4n) is 3.17. The Bertz CT molecular complexity index is 575. The van der Waals surface area contributed by atoms with Crippen molar-refractivity contribution < 1.29 is 4.42 Å². The van der Waals surface area contributed by atoms with Gasteiger partial charge in [0, 0.05) is 11.3 Å². The lowest BCUT2D eigenvalue weighted by molar-refractivity contribution is 0.214. The van der Waals surface area contributed by atoms with Crippen molar-refractivity contribution >= 4 is 22.9 Å². The van der Waals surface area contributed by atoms with Crippen LogP contribution in [0.5, 0.6) is 0 Å². The zero-order chi connectivity index (χ0) is 14.9. The number of thioether (sulfide) groups is 1. The van der Waals surface area contributed by atoms with Crippen LogP contribution in [0.15, 0.2) is 33.9 Å². The normalized spacial score (nSPS) is 25.3. The second kappa shape index (κ2) is 6.01. The molecule has 0 bridgehead atoms. The number of benzene rings is 1. The van der Waals surface area contributed by atoms with Gasteiger partial charge in [0.15, 0.2) is 5.58 Å². The Morgan fingerprint density at radius 1 is 1.38 bits per heavy atom. The highest BCUT2D eigenvalue weighted by atomic mass is 32.2. The predicted molar refractivity (Wildman–Crippen MR) is 88.8 cm³/mol. The molecule has 2 aromatic rings. The quantitative estimate of drug-likeness (QED) is 0.904. The Hall–Kier alpha value is -1.00. The van der Waals surface area contributed by atoms with Gasteiger partial charge >= 0.3 is 0 Å². The first kappa shape index (κ1) is 14.9. The molecule has 1 aliphatic rings. The Labute approximate surface area is 130 Å². The SMILES string of the molecule is CCNC1CCC(C)(C)CC1Sc1nc2ccccc2o1. The lowest BCUT2D eigenvalue weighted by atomic mass is 9.75. The molecule has 1 fully saturated rings. The molecular weight excluding hydrogens is 280 g/mol. The van der Waals surface area contributed by atoms with Crippen LogP contribution in [0.4, 0.5) is 0 Å². The second-order valence-electron chi connectivity index (χ2n) is 6.67. The van der Waals surface area contributed by atoms with Crippen LogP contribution in [0, 0.1) is 5.41 Å². The molecule has 2 unspecified atom stereocenters. The second-order valence-corrected chi connectivity index (χ2v) is 7.87. The third kappa shape index (κ3) is 3.43. The molecule has 21 heavy (non-hydrogen) atoms. The van der Waals surface area contributed by atoms with Crippen LogP contribution >= 0.6 is 11.8 Å². The summed E-state index contributed by atoms with van der Waals surface area (Å²) in [5, 5.41) is 4.97. The molecule has 3 nitrogen and oxygen atoms in total. The number of fused-ring (bicyclic) bond motifs is 1. The van der Waals surface area contributed by atoms with Crippen molar-refractivity contribution in [1.29, 1.82) is 0 Å². The molecule has 3 rings (SSSR count). The lowest BCUT2D eigenvalue weighted by Crippen LogP contribution is -2.44. The predicted octanol–water partition coefficient (Wildman–Crippen LogP) is 4.48. The van der Waals surface area contributed by atoms with Gasteiger partial charge < -0.3 is 9.73 Å². The van der Waals surface area contributed by atoms with Crippen LogP contribution in [-0.4, -0.2) is 22.8 Å². The van der Waals surface area contributed by atoms with E-state index in [4.69, 9.17) is 4.42 Å². The first-order valence-electron chi connectivity index (χ1n) is 7.83. The van der Waals surface area contributed by atoms with E-state index in [1.807, 2.05) is 24.3 Å². The van der Waals surface area contributed by atoms with Gasteiger partial charge in [0.05, 0.1) is 0 Å². The number of rotatable bonds is 4. The molecule has 1 aromatic carbocycles. The molecule has 2 atom stereocenters. The third-order valence-electron chi connectivity index (χ3n) is 4.33. The highest BCUT2D eigenvalue weighted by molar-refractivity contribution is 7.99. The van der Waals surface area contributed by atoms with Gasteiger partial charge in [-0.2, -0.15) is 0 Å². The summed E-state index contributed by atoms with van der Waals surface area (Å²) >= 11 is 1.80. The number of aromatic nitrogens is 1. The largest absolute Gasteiger partial charge is 0.431 e. The summed E-state index contributed by atoms with van der Waals surface area (Å²) in [6.07, 6.45) is 3.72. The molecule has 1 N–H and O–H groups in total. The molecule has 0 amide bonds. The van der Waals surface area contributed by atoms with Crippen LogP contribution < -0.4 is 5.32 Å². The molecular formula is C17H24N2OS. The first-order valence-corrected chi connectivity index (χ1v) is 8.71. The summed E-state index contributed by atoms with van der Waals surface area (Å²) in [4.78, 5) is 4.62. The fourth-order valence-corrected chi connectivity index (χ4v) is 4.65. The average Bonchev–Trinajstić information content (AvgIpc) is 2.83. The maximum absolute atomic E-state index is 5.89. The number of hydrogen-bond donors (Lipinski definition) is 1. The van der Waals surface area contributed by atoms with E-state index in [1.165, 1.54) is 19.3 Å². The molecule has 1 saturated carbocycles. The van der Waals surface area contributed by atoms with Crippen LogP contribution in [0.3, 0.4) is 0 Å². The first-order chi connectivity index (χ1) is 10.1. The summed E-state index contributed by atoms with van der Waals surface area (Å²) in [7, 11) is 0. The minimum absolute atomic E-state index is 0.412. The number of nitrogens with one attached hydrogen (secondary N) is 1. The number of nitrogens with zero attached hydrogens (tertiary/aromatic N) is 1. The average molecular weight is 304 g/mol. The standard InChI is InChI=1S/C17H24N2OS/c1-4-18-13-9-10-17(2,3)11-15(13)21-16-19-12-7-5-6-8-14(12)20-16/h5-8,13,15,18H,4,9-11H2,1-3H3. The minimum atomic E-state index is 0.412. The van der Waals surface area contributed by atoms with Crippen molar-refractivity contribution in [2.24, 2.45) is 5.41 Å². The van der Waals surface area contributed by atoms with Crippen LogP contribution in [0.25, 0.3) is 11.1 Å². The Morgan fingerprint density at radius 3 is 2.95 bits per heavy atom. The van der Waals surface area contributed by atoms with Crippen molar-refractivity contribution in [3.8, 4) is 0 Å². The van der Waals surface area contributed by atoms with Crippen LogP contribution in [0.2, 0.25) is 0 Å². The number of para-hydroxylation sites is 2. The maximum Gasteiger partial charge on any atom is 0.257 e. The summed E-state index contributed by atoms with van der Waals surface area (Å²) in [5.41, 5.74) is 2.25. The highest BCUT2D eigenvalue weighted by Gasteiger charge is 2.35. The van der Waals surface area contributed by atoms with E-state index in [2.05, 4.69) is 31.1 Å². The summed E-state index contributed by atoms with van der Waals surface area (Å²) < 4.78 is 5.89. The van der Waals surface area contributed by atoms with Gasteiger partial charge in [-0.25, -0.2) is 4.98 Å². The van der Waals surface area contributed by atoms with Gasteiger partial charge in [-0.15, -0.1) is 0 Å². The highest BCUT2D eigenvalue weighted by Crippen LogP contribution is 2.42. The molecule has 0 spiro atoms. The summed E-state index contributed by atoms with van der Waals surface area (Å²) in [6.45, 7) is 7.94. The lowest BCUT2D eigenvalue weighted by Gasteiger charge is -2.40. The van der Waals surface area contributed by atoms with E-state index in [0.29, 0.717) is 16.7 Å². The van der Waals surface area contributed by atoms with Gasteiger partial charge in [-0.1, -0.05) is 44.7 Å². The molecule has 0 radical (unpaired) electrons. The van der Waals surface area contributed by atoms with Crippen LogP contribution in [-0.2, 0) is 0 Å². The zero-order valence-corrected chi connectivity index (χ0v) is 13.9. The Morgan fingerprint density at radius 2 is 2.19 bits per heavy atom. The number of oxazole rings is 1. The minimum Gasteiger partial charge on any atom is -0.431 e. The molecule has 1 aliphatic carbocycles. The van der Waals surface area contributed by atoms with Crippen molar-refractivity contribution in [3.05, 3.63) is 24.3 Å². The van der Waals surface area contributed by atoms with Crippen molar-refractivity contribution in [3.63, 3.8) is 0 Å². The third-order valence-corrected chi connectivity index (χ3v) is 5.50. The van der Waals surface area contributed by atoms with Crippen molar-refractivity contribution in [2.75, 3.05) is 6.54 Å². The van der Waals surface area contributed by atoms with E-state index in [-0.39, 0.29) is 0 Å². The summed E-state index contributed by atoms with van der Waals surface area (Å²) in [5.74, 6) is 0. The zero-order valence-electron chi connectivity index (χ0n) is 13.1. The Balaban J connectivity index is 1.79.